The van der Waals surface area contributed by atoms with Crippen molar-refractivity contribution in [3.05, 3.63) is 90.9 Å². The Kier molecular flexibility index (Phi) is 12.4. The van der Waals surface area contributed by atoms with Crippen molar-refractivity contribution in [2.45, 2.75) is 18.4 Å². The van der Waals surface area contributed by atoms with Gasteiger partial charge in [0, 0.05) is 23.4 Å². The Morgan fingerprint density at radius 3 is 2.47 bits per heavy atom. The van der Waals surface area contributed by atoms with Gasteiger partial charge < -0.3 is 20.3 Å². The maximum atomic E-state index is 12.7. The summed E-state index contributed by atoms with van der Waals surface area (Å²) in [6.07, 6.45) is 0. The first-order valence-electron chi connectivity index (χ1n) is 12.9. The lowest BCUT2D eigenvalue weighted by Gasteiger charge is -2.07. The molecule has 0 aliphatic heterocycles. The third kappa shape index (κ3) is 9.27. The van der Waals surface area contributed by atoms with E-state index in [1.807, 2.05) is 24.3 Å². The molecule has 43 heavy (non-hydrogen) atoms. The molecule has 0 fully saturated rings. The van der Waals surface area contributed by atoms with Crippen LogP contribution in [0.3, 0.4) is 0 Å². The van der Waals surface area contributed by atoms with Crippen LogP contribution in [-0.2, 0) is 11.3 Å². The average molecular weight is 680 g/mol. The molecule has 0 unspecified atom stereocenters. The average Bonchev–Trinajstić information content (AvgIpc) is 3.66. The van der Waals surface area contributed by atoms with E-state index in [1.165, 1.54) is 23.3 Å². The molecule has 0 spiro atoms. The Hall–Kier alpha value is -2.94. The van der Waals surface area contributed by atoms with Gasteiger partial charge in [-0.05, 0) is 66.4 Å². The van der Waals surface area contributed by atoms with Gasteiger partial charge in [0.25, 0.3) is 11.8 Å². The van der Waals surface area contributed by atoms with Gasteiger partial charge >= 0.3 is 0 Å². The number of nitrogens with one attached hydrogen (secondary N) is 3. The molecule has 2 aromatic heterocycles. The van der Waals surface area contributed by atoms with E-state index in [0.29, 0.717) is 67.8 Å². The lowest BCUT2D eigenvalue weighted by molar-refractivity contribution is 0.0950. The molecule has 4 rings (SSSR count). The fraction of sp³-hybridized carbons (Fsp3) is 0.207. The third-order valence-electron chi connectivity index (χ3n) is 5.87. The number of nitrogens with zero attached hydrogens (tertiary/aromatic N) is 1. The molecule has 0 aliphatic carbocycles. The highest BCUT2D eigenvalue weighted by atomic mass is 35.5. The minimum Gasteiger partial charge on any atom is -0.506 e. The number of rotatable bonds is 14. The quantitative estimate of drug-likeness (QED) is 0.0466. The highest BCUT2D eigenvalue weighted by Crippen LogP contribution is 2.40. The van der Waals surface area contributed by atoms with Crippen LogP contribution in [0.4, 0.5) is 0 Å². The summed E-state index contributed by atoms with van der Waals surface area (Å²) >= 11 is 16.0. The van der Waals surface area contributed by atoms with Gasteiger partial charge in [0.1, 0.15) is 5.75 Å². The zero-order chi connectivity index (χ0) is 30.8. The predicted octanol–water partition coefficient (Wildman–Crippen LogP) is 6.18. The number of carbonyl (C=O) groups excluding carboxylic acids is 2. The van der Waals surface area contributed by atoms with Crippen molar-refractivity contribution in [1.29, 1.82) is 0 Å². The Morgan fingerprint density at radius 2 is 1.74 bits per heavy atom. The number of halogens is 2. The minimum absolute atomic E-state index is 0.0111. The molecule has 2 aromatic carbocycles. The number of benzene rings is 2. The van der Waals surface area contributed by atoms with E-state index < -0.39 is 5.91 Å². The number of aliphatic hydroxyl groups excluding tert-OH is 1. The molecule has 5 N–H and O–H groups in total. The van der Waals surface area contributed by atoms with Gasteiger partial charge in [0.05, 0.1) is 55.8 Å². The summed E-state index contributed by atoms with van der Waals surface area (Å²) in [6.45, 7) is 3.51. The summed E-state index contributed by atoms with van der Waals surface area (Å²) in [6, 6.07) is 16.0. The summed E-state index contributed by atoms with van der Waals surface area (Å²) in [5.74, 6) is -0.728. The van der Waals surface area contributed by atoms with E-state index in [1.54, 1.807) is 42.6 Å². The van der Waals surface area contributed by atoms with Crippen LogP contribution < -0.4 is 15.5 Å². The van der Waals surface area contributed by atoms with Crippen LogP contribution in [0.5, 0.6) is 5.75 Å². The smallest absolute Gasteiger partial charge is 0.281 e. The van der Waals surface area contributed by atoms with Crippen molar-refractivity contribution < 1.29 is 24.5 Å². The molecule has 0 bridgehead atoms. The molecule has 14 heteroatoms. The Balaban J connectivity index is 1.26. The van der Waals surface area contributed by atoms with Gasteiger partial charge in [-0.3, -0.25) is 14.3 Å². The van der Waals surface area contributed by atoms with Gasteiger partial charge in [-0.15, -0.1) is 22.7 Å². The van der Waals surface area contributed by atoms with Gasteiger partial charge in [0.2, 0.25) is 0 Å². The monoisotopic (exact) mass is 678 g/mol. The SMILES string of the molecule is C/C(=N\NC(=O)c1ccc(C(=O)NCc2ccc(SNCCOCCO)cc2)s1)c1csc(-c2ccc(Cl)c(Cl)c2)c1O. The number of ether oxygens (including phenoxy) is 1. The fourth-order valence-corrected chi connectivity index (χ4v) is 6.38. The van der Waals surface area contributed by atoms with E-state index in [-0.39, 0.29) is 18.3 Å². The molecule has 0 atom stereocenters. The summed E-state index contributed by atoms with van der Waals surface area (Å²) in [5.41, 5.74) is 5.03. The van der Waals surface area contributed by atoms with E-state index in [0.717, 1.165) is 21.8 Å². The Morgan fingerprint density at radius 1 is 1.00 bits per heavy atom. The number of aliphatic hydroxyl groups is 1. The van der Waals surface area contributed by atoms with Crippen LogP contribution in [0.2, 0.25) is 10.0 Å². The molecule has 4 aromatic rings. The molecule has 0 saturated heterocycles. The number of amides is 2. The van der Waals surface area contributed by atoms with Crippen LogP contribution in [-0.4, -0.2) is 54.1 Å². The molecule has 2 amide bonds. The molecule has 0 saturated carbocycles. The van der Waals surface area contributed by atoms with Crippen molar-refractivity contribution in [1.82, 2.24) is 15.5 Å². The van der Waals surface area contributed by atoms with Crippen molar-refractivity contribution in [2.24, 2.45) is 5.10 Å². The zero-order valence-corrected chi connectivity index (χ0v) is 26.8. The van der Waals surface area contributed by atoms with E-state index in [9.17, 15) is 14.7 Å². The second-order valence-electron chi connectivity index (χ2n) is 8.92. The van der Waals surface area contributed by atoms with Crippen LogP contribution in [0.15, 0.2) is 70.0 Å². The van der Waals surface area contributed by atoms with Crippen LogP contribution in [0.1, 0.15) is 37.4 Å². The molecule has 2 heterocycles. The van der Waals surface area contributed by atoms with Crippen molar-refractivity contribution >= 4 is 75.3 Å². The topological polar surface area (TPSA) is 132 Å². The fourth-order valence-electron chi connectivity index (χ4n) is 3.64. The highest BCUT2D eigenvalue weighted by Gasteiger charge is 2.17. The summed E-state index contributed by atoms with van der Waals surface area (Å²) < 4.78 is 8.38. The number of hydrazone groups is 1. The summed E-state index contributed by atoms with van der Waals surface area (Å²) in [4.78, 5) is 27.7. The number of thiophene rings is 2. The normalized spacial score (nSPS) is 11.5. The van der Waals surface area contributed by atoms with Crippen LogP contribution >= 0.6 is 57.8 Å². The third-order valence-corrected chi connectivity index (χ3v) is 9.56. The number of carbonyl (C=O) groups is 2. The lowest BCUT2D eigenvalue weighted by atomic mass is 10.1. The largest absolute Gasteiger partial charge is 0.506 e. The van der Waals surface area contributed by atoms with Gasteiger partial charge in [0.15, 0.2) is 0 Å². The molecule has 226 valence electrons. The predicted molar refractivity (Wildman–Crippen MR) is 175 cm³/mol. The molecule has 0 aliphatic rings. The van der Waals surface area contributed by atoms with Crippen LogP contribution in [0.25, 0.3) is 10.4 Å². The van der Waals surface area contributed by atoms with Crippen LogP contribution in [0, 0.1) is 0 Å². The lowest BCUT2D eigenvalue weighted by Crippen LogP contribution is -2.21. The molecular formula is C29H28Cl2N4O5S3. The number of aromatic hydroxyl groups is 1. The number of hydrogen-bond donors (Lipinski definition) is 5. The van der Waals surface area contributed by atoms with E-state index in [2.05, 4.69) is 20.6 Å². The Bertz CT molecular complexity index is 1590. The molecule has 0 radical (unpaired) electrons. The maximum Gasteiger partial charge on any atom is 0.281 e. The highest BCUT2D eigenvalue weighted by molar-refractivity contribution is 7.97. The minimum atomic E-state index is -0.468. The number of hydrogen-bond acceptors (Lipinski definition) is 10. The van der Waals surface area contributed by atoms with Gasteiger partial charge in [-0.1, -0.05) is 41.4 Å². The summed E-state index contributed by atoms with van der Waals surface area (Å²) in [5, 5.41) is 29.0. The van der Waals surface area contributed by atoms with Gasteiger partial charge in [-0.25, -0.2) is 5.43 Å². The van der Waals surface area contributed by atoms with Crippen molar-refractivity contribution in [2.75, 3.05) is 26.4 Å². The van der Waals surface area contributed by atoms with Crippen molar-refractivity contribution in [3.8, 4) is 16.2 Å². The zero-order valence-electron chi connectivity index (χ0n) is 22.9. The first-order chi connectivity index (χ1) is 20.8. The summed E-state index contributed by atoms with van der Waals surface area (Å²) in [7, 11) is 0. The van der Waals surface area contributed by atoms with Gasteiger partial charge in [-0.2, -0.15) is 5.10 Å². The standard InChI is InChI=1S/C29H28Cl2N4O5S3/c1-17(21-16-41-27(26(21)37)19-4-7-22(30)23(31)14-19)34-35-29(39)25-9-8-24(42-25)28(38)32-15-18-2-5-20(6-3-18)43-33-10-12-40-13-11-36/h2-9,14,16,33,36-37H,10-13,15H2,1H3,(H,32,38)(H,35,39)/b34-17+. The van der Waals surface area contributed by atoms with E-state index in [4.69, 9.17) is 33.0 Å². The first kappa shape index (κ1) is 33.0. The maximum absolute atomic E-state index is 12.7. The van der Waals surface area contributed by atoms with E-state index >= 15 is 0 Å². The second kappa shape index (κ2) is 16.2. The Labute approximate surface area is 271 Å². The first-order valence-corrected chi connectivity index (χ1v) is 16.2. The molecule has 9 nitrogen and oxygen atoms in total. The van der Waals surface area contributed by atoms with Crippen molar-refractivity contribution in [3.63, 3.8) is 0 Å². The second-order valence-corrected chi connectivity index (χ2v) is 12.7. The molecular weight excluding hydrogens is 651 g/mol.